The number of nitrogen functional groups attached to an aromatic ring is 1. The molecule has 1 aromatic heterocycles. The number of rotatable bonds is 3. The Bertz CT molecular complexity index is 913. The Balaban J connectivity index is 1.67. The number of nitrogens with zero attached hydrogens (tertiary/aromatic N) is 1. The molecule has 0 unspecified atom stereocenters. The molecule has 24 heavy (non-hydrogen) atoms. The van der Waals surface area contributed by atoms with E-state index < -0.39 is 0 Å². The smallest absolute Gasteiger partial charge is 0.241 e. The van der Waals surface area contributed by atoms with Crippen LogP contribution >= 0.6 is 11.8 Å². The van der Waals surface area contributed by atoms with E-state index in [1.54, 1.807) is 11.8 Å². The zero-order valence-electron chi connectivity index (χ0n) is 13.5. The van der Waals surface area contributed by atoms with E-state index in [4.69, 9.17) is 5.73 Å². The number of hydrogen-bond donors (Lipinski definition) is 1. The monoisotopic (exact) mass is 336 g/mol. The summed E-state index contributed by atoms with van der Waals surface area (Å²) in [4.78, 5) is 14.0. The topological polar surface area (TPSA) is 48.0 Å². The number of aryl methyl sites for hydroxylation is 1. The number of anilines is 1. The number of thioether (sulfide) groups is 1. The van der Waals surface area contributed by atoms with Gasteiger partial charge in [-0.25, -0.2) is 0 Å². The van der Waals surface area contributed by atoms with E-state index in [1.165, 1.54) is 29.5 Å². The first-order valence-corrected chi connectivity index (χ1v) is 9.35. The second-order valence-electron chi connectivity index (χ2n) is 6.24. The predicted octanol–water partition coefficient (Wildman–Crippen LogP) is 4.53. The van der Waals surface area contributed by atoms with Gasteiger partial charge in [-0.05, 0) is 55.5 Å². The minimum Gasteiger partial charge on any atom is -0.399 e. The van der Waals surface area contributed by atoms with Crippen LogP contribution in [-0.4, -0.2) is 16.2 Å². The molecule has 122 valence electrons. The van der Waals surface area contributed by atoms with Crippen molar-refractivity contribution in [3.05, 3.63) is 59.8 Å². The summed E-state index contributed by atoms with van der Waals surface area (Å²) in [6.07, 6.45) is 4.46. The minimum absolute atomic E-state index is 0.154. The van der Waals surface area contributed by atoms with Crippen molar-refractivity contribution >= 4 is 34.3 Å². The fourth-order valence-electron chi connectivity index (χ4n) is 3.59. The van der Waals surface area contributed by atoms with Gasteiger partial charge < -0.3 is 5.73 Å². The fraction of sp³-hybridized carbons (Fsp3) is 0.250. The van der Waals surface area contributed by atoms with Crippen LogP contribution in [0.3, 0.4) is 0 Å². The van der Waals surface area contributed by atoms with Gasteiger partial charge in [0.15, 0.2) is 0 Å². The van der Waals surface area contributed by atoms with Crippen molar-refractivity contribution in [3.63, 3.8) is 0 Å². The van der Waals surface area contributed by atoms with Crippen molar-refractivity contribution in [1.29, 1.82) is 0 Å². The Morgan fingerprint density at radius 1 is 1.08 bits per heavy atom. The summed E-state index contributed by atoms with van der Waals surface area (Å²) >= 11 is 1.55. The van der Waals surface area contributed by atoms with Crippen LogP contribution in [0.15, 0.2) is 53.4 Å². The summed E-state index contributed by atoms with van der Waals surface area (Å²) in [7, 11) is 0. The average molecular weight is 336 g/mol. The van der Waals surface area contributed by atoms with E-state index in [2.05, 4.69) is 18.2 Å². The fourth-order valence-corrected chi connectivity index (χ4v) is 4.41. The first-order chi connectivity index (χ1) is 11.7. The standard InChI is InChI=1S/C20H20N2OS/c21-14-6-5-7-15(12-14)24-13-20(23)22-18-10-3-1-8-16(18)17-9-2-4-11-19(17)22/h1,3,5-8,10,12H,2,4,9,11,13,21H2. The summed E-state index contributed by atoms with van der Waals surface area (Å²) in [5, 5.41) is 1.24. The maximum absolute atomic E-state index is 13.0. The summed E-state index contributed by atoms with van der Waals surface area (Å²) in [6, 6.07) is 16.0. The number of para-hydroxylation sites is 1. The van der Waals surface area contributed by atoms with Crippen LogP contribution in [0.25, 0.3) is 10.9 Å². The first kappa shape index (κ1) is 15.3. The molecule has 4 rings (SSSR count). The van der Waals surface area contributed by atoms with E-state index in [0.29, 0.717) is 5.75 Å². The lowest BCUT2D eigenvalue weighted by atomic mass is 9.96. The molecule has 1 heterocycles. The van der Waals surface area contributed by atoms with Crippen LogP contribution in [0.1, 0.15) is 28.9 Å². The molecule has 4 heteroatoms. The van der Waals surface area contributed by atoms with Crippen molar-refractivity contribution in [2.24, 2.45) is 0 Å². The van der Waals surface area contributed by atoms with Crippen LogP contribution in [0.5, 0.6) is 0 Å². The van der Waals surface area contributed by atoms with E-state index >= 15 is 0 Å². The molecule has 2 aromatic carbocycles. The van der Waals surface area contributed by atoms with Gasteiger partial charge >= 0.3 is 0 Å². The van der Waals surface area contributed by atoms with Crippen LogP contribution in [-0.2, 0) is 12.8 Å². The average Bonchev–Trinajstić information content (AvgIpc) is 2.94. The molecule has 0 saturated heterocycles. The van der Waals surface area contributed by atoms with Gasteiger partial charge in [0.05, 0.1) is 11.3 Å². The van der Waals surface area contributed by atoms with Crippen molar-refractivity contribution < 1.29 is 4.79 Å². The SMILES string of the molecule is Nc1cccc(SCC(=O)n2c3c(c4ccccc42)CCCC3)c1. The molecular formula is C20H20N2OS. The van der Waals surface area contributed by atoms with E-state index in [9.17, 15) is 4.79 Å². The zero-order valence-corrected chi connectivity index (χ0v) is 14.3. The number of nitrogens with two attached hydrogens (primary N) is 1. The number of aromatic nitrogens is 1. The van der Waals surface area contributed by atoms with Crippen LogP contribution in [0.2, 0.25) is 0 Å². The van der Waals surface area contributed by atoms with Gasteiger partial charge in [-0.2, -0.15) is 0 Å². The third-order valence-corrected chi connectivity index (χ3v) is 5.63. The maximum Gasteiger partial charge on any atom is 0.241 e. The summed E-state index contributed by atoms with van der Waals surface area (Å²) in [5.74, 6) is 0.580. The summed E-state index contributed by atoms with van der Waals surface area (Å²) in [5.41, 5.74) is 10.2. The van der Waals surface area contributed by atoms with Crippen molar-refractivity contribution in [3.8, 4) is 0 Å². The highest BCUT2D eigenvalue weighted by Crippen LogP contribution is 2.32. The maximum atomic E-state index is 13.0. The molecule has 0 saturated carbocycles. The highest BCUT2D eigenvalue weighted by atomic mass is 32.2. The zero-order chi connectivity index (χ0) is 16.5. The number of benzene rings is 2. The van der Waals surface area contributed by atoms with Gasteiger partial charge in [0.1, 0.15) is 0 Å². The molecule has 3 aromatic rings. The molecule has 1 aliphatic carbocycles. The second kappa shape index (κ2) is 6.36. The minimum atomic E-state index is 0.154. The number of carbonyl (C=O) groups is 1. The predicted molar refractivity (Wildman–Crippen MR) is 101 cm³/mol. The molecule has 0 spiro atoms. The Labute approximate surface area is 145 Å². The Kier molecular flexibility index (Phi) is 4.07. The van der Waals surface area contributed by atoms with Gasteiger partial charge in [0, 0.05) is 21.7 Å². The highest BCUT2D eigenvalue weighted by Gasteiger charge is 2.22. The van der Waals surface area contributed by atoms with E-state index in [1.807, 2.05) is 34.9 Å². The lowest BCUT2D eigenvalue weighted by Gasteiger charge is -2.15. The molecule has 0 amide bonds. The van der Waals surface area contributed by atoms with E-state index in [-0.39, 0.29) is 5.91 Å². The lowest BCUT2D eigenvalue weighted by Crippen LogP contribution is -2.18. The first-order valence-electron chi connectivity index (χ1n) is 8.37. The molecule has 1 aliphatic rings. The van der Waals surface area contributed by atoms with Gasteiger partial charge in [-0.3, -0.25) is 9.36 Å². The normalized spacial score (nSPS) is 13.8. The molecule has 0 aliphatic heterocycles. The summed E-state index contributed by atoms with van der Waals surface area (Å²) in [6.45, 7) is 0. The van der Waals surface area contributed by atoms with Gasteiger partial charge in [0.2, 0.25) is 5.91 Å². The Morgan fingerprint density at radius 3 is 2.79 bits per heavy atom. The number of fused-ring (bicyclic) bond motifs is 3. The third kappa shape index (κ3) is 2.71. The van der Waals surface area contributed by atoms with Gasteiger partial charge in [-0.1, -0.05) is 24.3 Å². The van der Waals surface area contributed by atoms with E-state index in [0.717, 1.165) is 28.9 Å². The molecule has 3 nitrogen and oxygen atoms in total. The summed E-state index contributed by atoms with van der Waals surface area (Å²) < 4.78 is 1.96. The van der Waals surface area contributed by atoms with Gasteiger partial charge in [-0.15, -0.1) is 11.8 Å². The Hall–Kier alpha value is -2.20. The largest absolute Gasteiger partial charge is 0.399 e. The van der Waals surface area contributed by atoms with Crippen molar-refractivity contribution in [2.45, 2.75) is 30.6 Å². The van der Waals surface area contributed by atoms with Crippen LogP contribution in [0.4, 0.5) is 5.69 Å². The molecule has 2 N–H and O–H groups in total. The van der Waals surface area contributed by atoms with Crippen molar-refractivity contribution in [2.75, 3.05) is 11.5 Å². The molecule has 0 radical (unpaired) electrons. The number of carbonyl (C=O) groups excluding carboxylic acids is 1. The number of hydrogen-bond acceptors (Lipinski definition) is 3. The van der Waals surface area contributed by atoms with Crippen LogP contribution < -0.4 is 5.73 Å². The Morgan fingerprint density at radius 2 is 1.92 bits per heavy atom. The van der Waals surface area contributed by atoms with Crippen molar-refractivity contribution in [1.82, 2.24) is 4.57 Å². The molecule has 0 fully saturated rings. The molecule has 0 atom stereocenters. The van der Waals surface area contributed by atoms with Gasteiger partial charge in [0.25, 0.3) is 0 Å². The highest BCUT2D eigenvalue weighted by molar-refractivity contribution is 8.00. The lowest BCUT2D eigenvalue weighted by molar-refractivity contribution is 0.0943. The second-order valence-corrected chi connectivity index (χ2v) is 7.29. The molecular weight excluding hydrogens is 316 g/mol. The third-order valence-electron chi connectivity index (χ3n) is 4.65. The molecule has 0 bridgehead atoms. The quantitative estimate of drug-likeness (QED) is 0.564. The van der Waals surface area contributed by atoms with Crippen LogP contribution in [0, 0.1) is 0 Å².